The van der Waals surface area contributed by atoms with Crippen molar-refractivity contribution in [2.75, 3.05) is 5.75 Å². The van der Waals surface area contributed by atoms with Gasteiger partial charge in [0.15, 0.2) is 4.80 Å². The predicted molar refractivity (Wildman–Crippen MR) is 98.8 cm³/mol. The number of hydrogen-bond donors (Lipinski definition) is 0. The second-order valence-electron chi connectivity index (χ2n) is 5.26. The Hall–Kier alpha value is -2.25. The average Bonchev–Trinajstić information content (AvgIpc) is 3.04. The number of carbonyl (C=O) groups excluding carboxylic acids is 1. The van der Waals surface area contributed by atoms with E-state index in [0.29, 0.717) is 22.7 Å². The summed E-state index contributed by atoms with van der Waals surface area (Å²) >= 11 is 2.88. The van der Waals surface area contributed by atoms with Gasteiger partial charge in [0.2, 0.25) is 0 Å². The molecule has 1 amide bonds. The highest BCUT2D eigenvalue weighted by Crippen LogP contribution is 2.11. The highest BCUT2D eigenvalue weighted by atomic mass is 32.2. The van der Waals surface area contributed by atoms with Crippen molar-refractivity contribution in [2.24, 2.45) is 4.99 Å². The van der Waals surface area contributed by atoms with Crippen molar-refractivity contribution in [2.45, 2.75) is 12.3 Å². The normalized spacial score (nSPS) is 11.6. The molecule has 2 heterocycles. The summed E-state index contributed by atoms with van der Waals surface area (Å²) in [5, 5.41) is 1.84. The molecule has 0 saturated carbocycles. The molecule has 4 nitrogen and oxygen atoms in total. The van der Waals surface area contributed by atoms with Crippen LogP contribution in [0.5, 0.6) is 0 Å². The maximum Gasteiger partial charge on any atom is 0.258 e. The van der Waals surface area contributed by atoms with Crippen molar-refractivity contribution in [3.05, 3.63) is 82.1 Å². The van der Waals surface area contributed by atoms with E-state index in [-0.39, 0.29) is 11.7 Å². The first kappa shape index (κ1) is 17.6. The molecule has 0 spiro atoms. The fourth-order valence-corrected chi connectivity index (χ4v) is 3.71. The largest absolute Gasteiger partial charge is 0.319 e. The fraction of sp³-hybridized carbons (Fsp3) is 0.167. The number of thiazole rings is 1. The maximum absolute atomic E-state index is 13.8. The summed E-state index contributed by atoms with van der Waals surface area (Å²) in [6.45, 7) is 0.354. The minimum Gasteiger partial charge on any atom is -0.319 e. The highest BCUT2D eigenvalue weighted by Gasteiger charge is 2.05. The van der Waals surface area contributed by atoms with Crippen molar-refractivity contribution >= 4 is 29.0 Å². The van der Waals surface area contributed by atoms with E-state index in [4.69, 9.17) is 0 Å². The van der Waals surface area contributed by atoms with Crippen molar-refractivity contribution in [3.63, 3.8) is 0 Å². The van der Waals surface area contributed by atoms with Crippen LogP contribution in [0.3, 0.4) is 0 Å². The van der Waals surface area contributed by atoms with Gasteiger partial charge in [-0.15, -0.1) is 23.1 Å². The molecule has 0 aliphatic carbocycles. The van der Waals surface area contributed by atoms with Crippen molar-refractivity contribution in [1.29, 1.82) is 0 Å². The lowest BCUT2D eigenvalue weighted by Crippen LogP contribution is -2.18. The van der Waals surface area contributed by atoms with E-state index in [2.05, 4.69) is 9.98 Å². The standard InChI is InChI=1S/C18H16FN3OS2/c19-16-4-2-1-3-15(16)11-22-9-10-25-18(22)21-17(23)13-24-12-14-5-7-20-8-6-14/h1-10H,11-13H2. The van der Waals surface area contributed by atoms with Gasteiger partial charge in [-0.1, -0.05) is 18.2 Å². The molecule has 0 N–H and O–H groups in total. The number of aromatic nitrogens is 2. The monoisotopic (exact) mass is 373 g/mol. The van der Waals surface area contributed by atoms with Crippen molar-refractivity contribution < 1.29 is 9.18 Å². The van der Waals surface area contributed by atoms with Gasteiger partial charge in [-0.25, -0.2) is 4.39 Å². The van der Waals surface area contributed by atoms with E-state index in [1.807, 2.05) is 23.7 Å². The molecule has 3 rings (SSSR count). The summed E-state index contributed by atoms with van der Waals surface area (Å²) < 4.78 is 15.6. The number of rotatable bonds is 6. The first-order chi connectivity index (χ1) is 12.2. The average molecular weight is 373 g/mol. The summed E-state index contributed by atoms with van der Waals surface area (Å²) in [7, 11) is 0. The number of halogens is 1. The Labute approximate surface area is 153 Å². The minimum atomic E-state index is -0.258. The zero-order chi connectivity index (χ0) is 17.5. The maximum atomic E-state index is 13.8. The summed E-state index contributed by atoms with van der Waals surface area (Å²) in [4.78, 5) is 20.8. The van der Waals surface area contributed by atoms with Crippen LogP contribution in [0.2, 0.25) is 0 Å². The Morgan fingerprint density at radius 3 is 2.84 bits per heavy atom. The number of pyridine rings is 1. The first-order valence-electron chi connectivity index (χ1n) is 7.64. The summed E-state index contributed by atoms with van der Waals surface area (Å²) in [6, 6.07) is 10.5. The molecular formula is C18H16FN3OS2. The number of benzene rings is 1. The van der Waals surface area contributed by atoms with Gasteiger partial charge in [0.05, 0.1) is 12.3 Å². The van der Waals surface area contributed by atoms with Crippen LogP contribution in [0, 0.1) is 5.82 Å². The Morgan fingerprint density at radius 2 is 2.04 bits per heavy atom. The molecule has 7 heteroatoms. The zero-order valence-corrected chi connectivity index (χ0v) is 15.0. The number of carbonyl (C=O) groups is 1. The fourth-order valence-electron chi connectivity index (χ4n) is 2.19. The lowest BCUT2D eigenvalue weighted by Gasteiger charge is -2.04. The van der Waals surface area contributed by atoms with Gasteiger partial charge in [0, 0.05) is 35.3 Å². The molecule has 128 valence electrons. The molecule has 0 bridgehead atoms. The van der Waals surface area contributed by atoms with Crippen LogP contribution < -0.4 is 4.80 Å². The van der Waals surface area contributed by atoms with Crippen LogP contribution in [0.4, 0.5) is 4.39 Å². The second-order valence-corrected chi connectivity index (χ2v) is 7.12. The van der Waals surface area contributed by atoms with E-state index in [9.17, 15) is 9.18 Å². The molecule has 25 heavy (non-hydrogen) atoms. The van der Waals surface area contributed by atoms with Crippen LogP contribution in [-0.4, -0.2) is 21.2 Å². The quantitative estimate of drug-likeness (QED) is 0.664. The topological polar surface area (TPSA) is 47.2 Å². The van der Waals surface area contributed by atoms with Crippen molar-refractivity contribution in [3.8, 4) is 0 Å². The third-order valence-electron chi connectivity index (χ3n) is 3.42. The lowest BCUT2D eigenvalue weighted by molar-refractivity contribution is -0.115. The van der Waals surface area contributed by atoms with E-state index in [0.717, 1.165) is 11.3 Å². The van der Waals surface area contributed by atoms with Crippen LogP contribution in [0.1, 0.15) is 11.1 Å². The van der Waals surface area contributed by atoms with Gasteiger partial charge in [-0.05, 0) is 23.8 Å². The molecule has 0 radical (unpaired) electrons. The molecule has 0 unspecified atom stereocenters. The van der Waals surface area contributed by atoms with E-state index < -0.39 is 0 Å². The van der Waals surface area contributed by atoms with E-state index >= 15 is 0 Å². The first-order valence-corrected chi connectivity index (χ1v) is 9.67. The molecule has 1 aromatic carbocycles. The molecule has 0 fully saturated rings. The summed E-state index contributed by atoms with van der Waals surface area (Å²) in [6.07, 6.45) is 5.28. The molecule has 3 aromatic rings. The van der Waals surface area contributed by atoms with Crippen LogP contribution in [-0.2, 0) is 17.1 Å². The van der Waals surface area contributed by atoms with Gasteiger partial charge >= 0.3 is 0 Å². The molecular weight excluding hydrogens is 357 g/mol. The predicted octanol–water partition coefficient (Wildman–Crippen LogP) is 3.49. The van der Waals surface area contributed by atoms with Crippen LogP contribution >= 0.6 is 23.1 Å². The molecule has 0 saturated heterocycles. The smallest absolute Gasteiger partial charge is 0.258 e. The van der Waals surface area contributed by atoms with E-state index in [1.165, 1.54) is 29.2 Å². The third kappa shape index (κ3) is 5.11. The third-order valence-corrected chi connectivity index (χ3v) is 5.21. The molecule has 0 atom stereocenters. The van der Waals surface area contributed by atoms with Gasteiger partial charge in [-0.2, -0.15) is 4.99 Å². The number of hydrogen-bond acceptors (Lipinski definition) is 4. The number of thioether (sulfide) groups is 1. The minimum absolute atomic E-state index is 0.191. The molecule has 0 aliphatic rings. The molecule has 2 aromatic heterocycles. The van der Waals surface area contributed by atoms with Gasteiger partial charge < -0.3 is 4.57 Å². The van der Waals surface area contributed by atoms with Crippen molar-refractivity contribution in [1.82, 2.24) is 9.55 Å². The Balaban J connectivity index is 1.63. The van der Waals surface area contributed by atoms with Gasteiger partial charge in [0.1, 0.15) is 5.82 Å². The highest BCUT2D eigenvalue weighted by molar-refractivity contribution is 7.99. The number of amides is 1. The Morgan fingerprint density at radius 1 is 1.24 bits per heavy atom. The van der Waals surface area contributed by atoms with Gasteiger partial charge in [-0.3, -0.25) is 9.78 Å². The number of nitrogens with zero attached hydrogens (tertiary/aromatic N) is 3. The summed E-state index contributed by atoms with van der Waals surface area (Å²) in [5.74, 6) is 0.596. The SMILES string of the molecule is O=C(CSCc1ccncc1)N=c1sccn1Cc1ccccc1F. The zero-order valence-electron chi connectivity index (χ0n) is 13.3. The lowest BCUT2D eigenvalue weighted by atomic mass is 10.2. The van der Waals surface area contributed by atoms with Crippen LogP contribution in [0.15, 0.2) is 65.4 Å². The second kappa shape index (κ2) is 8.73. The Kier molecular flexibility index (Phi) is 6.14. The van der Waals surface area contributed by atoms with E-state index in [1.54, 1.807) is 35.2 Å². The molecule has 0 aliphatic heterocycles. The summed E-state index contributed by atoms with van der Waals surface area (Å²) in [5.41, 5.74) is 1.69. The van der Waals surface area contributed by atoms with Crippen LogP contribution in [0.25, 0.3) is 0 Å². The van der Waals surface area contributed by atoms with Gasteiger partial charge in [0.25, 0.3) is 5.91 Å². The Bertz CT molecular complexity index is 906.